The molecule has 0 fully saturated rings. The Morgan fingerprint density at radius 1 is 1.06 bits per heavy atom. The van der Waals surface area contributed by atoms with Gasteiger partial charge in [0.1, 0.15) is 11.5 Å². The molecule has 0 saturated carbocycles. The first-order valence-electron chi connectivity index (χ1n) is 7.87. The van der Waals surface area contributed by atoms with Gasteiger partial charge in [-0.25, -0.2) is 4.98 Å². The van der Waals surface area contributed by atoms with Crippen molar-refractivity contribution in [3.63, 3.8) is 0 Å². The Kier molecular flexibility index (Phi) is 14.6. The molecule has 11 nitrogen and oxygen atoms in total. The summed E-state index contributed by atoms with van der Waals surface area (Å²) >= 11 is 0. The van der Waals surface area contributed by atoms with Gasteiger partial charge in [-0.15, -0.1) is 24.8 Å². The van der Waals surface area contributed by atoms with Gasteiger partial charge in [0.25, 0.3) is 5.91 Å². The van der Waals surface area contributed by atoms with Gasteiger partial charge in [-0.05, 0) is 12.1 Å². The third-order valence-corrected chi connectivity index (χ3v) is 3.84. The molecule has 0 saturated heterocycles. The minimum atomic E-state index is -0.963. The molecule has 3 aromatic rings. The lowest BCUT2D eigenvalue weighted by Gasteiger charge is -2.03. The number of hydrogen-bond donors (Lipinski definition) is 4. The first-order chi connectivity index (χ1) is 12.4. The standard InChI is InChI=1S/C18H17N5O3.2ClH.3H2O/c19-17(20)12-3-1-11(2-4-12)14-10-23-8-6-13(9-15(23)22-14)18(26)21-7-5-16(24)25;;;;;/h1-4,6,8-10H,5,7H2,(H3,19,20)(H,21,26)(H,24,25);2*1H;3*1H2. The summed E-state index contributed by atoms with van der Waals surface area (Å²) in [5, 5.41) is 18.6. The molecule has 0 aliphatic carbocycles. The number of carboxylic acid groups (broad SMARTS) is 1. The lowest BCUT2D eigenvalue weighted by atomic mass is 10.1. The van der Waals surface area contributed by atoms with Crippen LogP contribution in [0.3, 0.4) is 0 Å². The van der Waals surface area contributed by atoms with Gasteiger partial charge in [0.2, 0.25) is 0 Å². The summed E-state index contributed by atoms with van der Waals surface area (Å²) in [5.74, 6) is -1.30. The average molecular weight is 478 g/mol. The summed E-state index contributed by atoms with van der Waals surface area (Å²) in [6.07, 6.45) is 3.43. The molecule has 0 aliphatic heterocycles. The number of hydrogen-bond acceptors (Lipinski definition) is 4. The fraction of sp³-hybridized carbons (Fsp3) is 0.111. The summed E-state index contributed by atoms with van der Waals surface area (Å²) in [7, 11) is 0. The van der Waals surface area contributed by atoms with Gasteiger partial charge in [-0.2, -0.15) is 0 Å². The van der Waals surface area contributed by atoms with Crippen molar-refractivity contribution in [2.24, 2.45) is 5.73 Å². The Labute approximate surface area is 189 Å². The first kappa shape index (κ1) is 32.4. The quantitative estimate of drug-likeness (QED) is 0.279. The number of nitrogens with two attached hydrogens (primary N) is 1. The molecule has 31 heavy (non-hydrogen) atoms. The number of nitrogen functional groups attached to an aromatic ring is 1. The molecule has 1 aromatic carbocycles. The van der Waals surface area contributed by atoms with E-state index >= 15 is 0 Å². The van der Waals surface area contributed by atoms with Gasteiger partial charge in [-0.3, -0.25) is 15.0 Å². The van der Waals surface area contributed by atoms with Crippen LogP contribution in [0.4, 0.5) is 0 Å². The van der Waals surface area contributed by atoms with E-state index in [9.17, 15) is 9.59 Å². The van der Waals surface area contributed by atoms with E-state index in [-0.39, 0.29) is 66.0 Å². The maximum absolute atomic E-state index is 12.1. The van der Waals surface area contributed by atoms with E-state index in [1.54, 1.807) is 34.9 Å². The van der Waals surface area contributed by atoms with Gasteiger partial charge < -0.3 is 37.0 Å². The van der Waals surface area contributed by atoms with Crippen LogP contribution in [0.1, 0.15) is 22.3 Å². The van der Waals surface area contributed by atoms with Gasteiger partial charge in [-0.1, -0.05) is 24.3 Å². The van der Waals surface area contributed by atoms with Crippen molar-refractivity contribution in [2.75, 3.05) is 6.54 Å². The number of halogens is 2. The average Bonchev–Trinajstić information content (AvgIpc) is 3.04. The Morgan fingerprint density at radius 3 is 2.23 bits per heavy atom. The lowest BCUT2D eigenvalue weighted by Crippen LogP contribution is -2.26. The number of nitrogens with one attached hydrogen (secondary N) is 2. The molecule has 0 bridgehead atoms. The number of imidazole rings is 1. The second kappa shape index (κ2) is 13.9. The number of amidine groups is 1. The summed E-state index contributed by atoms with van der Waals surface area (Å²) in [4.78, 5) is 27.1. The summed E-state index contributed by atoms with van der Waals surface area (Å²) in [5.41, 5.74) is 8.69. The highest BCUT2D eigenvalue weighted by Crippen LogP contribution is 2.20. The minimum absolute atomic E-state index is 0. The van der Waals surface area contributed by atoms with Crippen LogP contribution in [-0.2, 0) is 4.79 Å². The summed E-state index contributed by atoms with van der Waals surface area (Å²) < 4.78 is 1.79. The number of aliphatic carboxylic acids is 1. The zero-order chi connectivity index (χ0) is 18.7. The molecule has 2 aromatic heterocycles. The number of fused-ring (bicyclic) bond motifs is 1. The summed E-state index contributed by atoms with van der Waals surface area (Å²) in [6, 6.07) is 10.5. The van der Waals surface area contributed by atoms with E-state index in [2.05, 4.69) is 10.3 Å². The number of pyridine rings is 1. The van der Waals surface area contributed by atoms with E-state index in [0.717, 1.165) is 11.3 Å². The van der Waals surface area contributed by atoms with Gasteiger partial charge in [0, 0.05) is 35.6 Å². The van der Waals surface area contributed by atoms with Crippen molar-refractivity contribution in [1.29, 1.82) is 5.41 Å². The zero-order valence-electron chi connectivity index (χ0n) is 16.1. The van der Waals surface area contributed by atoms with E-state index < -0.39 is 5.97 Å². The van der Waals surface area contributed by atoms with Crippen LogP contribution in [0.15, 0.2) is 48.8 Å². The predicted molar refractivity (Wildman–Crippen MR) is 122 cm³/mol. The van der Waals surface area contributed by atoms with E-state index in [1.807, 2.05) is 18.3 Å². The second-order valence-corrected chi connectivity index (χ2v) is 5.70. The van der Waals surface area contributed by atoms with Crippen molar-refractivity contribution >= 4 is 48.2 Å². The Hall–Kier alpha value is -3.22. The van der Waals surface area contributed by atoms with E-state index in [4.69, 9.17) is 16.2 Å². The Balaban J connectivity index is -0.00000157. The highest BCUT2D eigenvalue weighted by Gasteiger charge is 2.10. The third-order valence-electron chi connectivity index (χ3n) is 3.84. The van der Waals surface area contributed by atoms with Crippen LogP contribution in [0, 0.1) is 5.41 Å². The fourth-order valence-corrected chi connectivity index (χ4v) is 2.47. The number of amides is 1. The van der Waals surface area contributed by atoms with Gasteiger partial charge >= 0.3 is 5.97 Å². The second-order valence-electron chi connectivity index (χ2n) is 5.70. The SMILES string of the molecule is Cl.Cl.N=C(N)c1ccc(-c2cn3ccc(C(=O)NCCC(=O)O)cc3n2)cc1.O.O.O. The van der Waals surface area contributed by atoms with Crippen molar-refractivity contribution in [1.82, 2.24) is 14.7 Å². The minimum Gasteiger partial charge on any atom is -0.481 e. The molecule has 0 unspecified atom stereocenters. The van der Waals surface area contributed by atoms with Gasteiger partial charge in [0.15, 0.2) is 0 Å². The Morgan fingerprint density at radius 2 is 1.68 bits per heavy atom. The molecule has 13 heteroatoms. The number of carbonyl (C=O) groups excluding carboxylic acids is 1. The number of rotatable bonds is 6. The topological polar surface area (TPSA) is 228 Å². The maximum Gasteiger partial charge on any atom is 0.305 e. The summed E-state index contributed by atoms with van der Waals surface area (Å²) in [6.45, 7) is 0.0710. The van der Waals surface area contributed by atoms with Crippen LogP contribution in [0.25, 0.3) is 16.9 Å². The molecule has 1 amide bonds. The molecule has 0 radical (unpaired) electrons. The van der Waals surface area contributed by atoms with Crippen LogP contribution < -0.4 is 11.1 Å². The molecule has 172 valence electrons. The highest BCUT2D eigenvalue weighted by molar-refractivity contribution is 5.96. The molecule has 0 spiro atoms. The zero-order valence-corrected chi connectivity index (χ0v) is 17.7. The molecule has 0 aliphatic rings. The van der Waals surface area contributed by atoms with Crippen LogP contribution in [0.5, 0.6) is 0 Å². The molecule has 3 rings (SSSR count). The molecule has 0 atom stereocenters. The van der Waals surface area contributed by atoms with Crippen molar-refractivity contribution in [2.45, 2.75) is 6.42 Å². The number of carbonyl (C=O) groups is 2. The number of benzene rings is 1. The predicted octanol–water partition coefficient (Wildman–Crippen LogP) is -0.141. The monoisotopic (exact) mass is 477 g/mol. The maximum atomic E-state index is 12.1. The van der Waals surface area contributed by atoms with E-state index in [0.29, 0.717) is 16.8 Å². The number of nitrogens with zero attached hydrogens (tertiary/aromatic N) is 2. The van der Waals surface area contributed by atoms with E-state index in [1.165, 1.54) is 0 Å². The van der Waals surface area contributed by atoms with Crippen LogP contribution in [-0.4, -0.2) is 55.2 Å². The molecular weight excluding hydrogens is 453 g/mol. The highest BCUT2D eigenvalue weighted by atomic mass is 35.5. The number of aromatic nitrogens is 2. The molecular formula is C18H25Cl2N5O6. The van der Waals surface area contributed by atoms with Crippen LogP contribution in [0.2, 0.25) is 0 Å². The largest absolute Gasteiger partial charge is 0.481 e. The van der Waals surface area contributed by atoms with Crippen molar-refractivity contribution in [3.05, 3.63) is 59.9 Å². The lowest BCUT2D eigenvalue weighted by molar-refractivity contribution is -0.136. The molecule has 11 N–H and O–H groups in total. The third kappa shape index (κ3) is 7.85. The van der Waals surface area contributed by atoms with Crippen LogP contribution >= 0.6 is 24.8 Å². The van der Waals surface area contributed by atoms with Crippen molar-refractivity contribution < 1.29 is 31.1 Å². The first-order valence-corrected chi connectivity index (χ1v) is 7.87. The molecule has 2 heterocycles. The fourth-order valence-electron chi connectivity index (χ4n) is 2.47. The number of carboxylic acids is 1. The Bertz CT molecular complexity index is 1010. The van der Waals surface area contributed by atoms with Crippen molar-refractivity contribution in [3.8, 4) is 11.3 Å². The van der Waals surface area contributed by atoms with Gasteiger partial charge in [0.05, 0.1) is 12.1 Å². The smallest absolute Gasteiger partial charge is 0.305 e. The normalized spacial score (nSPS) is 8.90.